The molecule has 0 radical (unpaired) electrons. The summed E-state index contributed by atoms with van der Waals surface area (Å²) in [5.74, 6) is 2.44. The minimum absolute atomic E-state index is 0.381. The molecule has 2 bridgehead atoms. The Morgan fingerprint density at radius 3 is 2.11 bits per heavy atom. The Labute approximate surface area is 325 Å². The normalized spacial score (nSPS) is 17.4. The molecule has 0 saturated carbocycles. The number of hydrogen-bond acceptors (Lipinski definition) is 4. The van der Waals surface area contributed by atoms with E-state index in [1.807, 2.05) is 12.1 Å². The largest absolute Gasteiger partial charge is 0.456 e. The Kier molecular flexibility index (Phi) is 6.91. The van der Waals surface area contributed by atoms with Gasteiger partial charge in [0, 0.05) is 38.1 Å². The van der Waals surface area contributed by atoms with Crippen molar-refractivity contribution in [3.05, 3.63) is 192 Å². The van der Waals surface area contributed by atoms with Gasteiger partial charge in [-0.2, -0.15) is 10.3 Å². The van der Waals surface area contributed by atoms with Gasteiger partial charge in [-0.05, 0) is 103 Å². The van der Waals surface area contributed by atoms with Crippen LogP contribution in [0.3, 0.4) is 0 Å². The molecule has 1 N–H and O–H groups in total. The lowest BCUT2D eigenvalue weighted by Crippen LogP contribution is -2.40. The van der Waals surface area contributed by atoms with E-state index in [0.29, 0.717) is 5.84 Å². The summed E-state index contributed by atoms with van der Waals surface area (Å²) in [7, 11) is -0.575. The monoisotopic (exact) mass is 735 g/mol. The maximum atomic E-state index is 6.61. The summed E-state index contributed by atoms with van der Waals surface area (Å²) < 4.78 is 6.61. The number of fused-ring (bicyclic) bond motifs is 12. The molecular formula is C51H33N3OS. The summed E-state index contributed by atoms with van der Waals surface area (Å²) in [6, 6.07) is 56.2. The highest BCUT2D eigenvalue weighted by atomic mass is 32.2. The highest BCUT2D eigenvalue weighted by Crippen LogP contribution is 2.48. The molecule has 0 fully saturated rings. The molecule has 0 spiro atoms. The fraction of sp³-hybridized carbons (Fsp3) is 0.0392. The van der Waals surface area contributed by atoms with Crippen molar-refractivity contribution in [3.8, 4) is 16.3 Å². The van der Waals surface area contributed by atoms with Gasteiger partial charge in [-0.3, -0.25) is 0 Å². The Balaban J connectivity index is 1.05. The predicted octanol–water partition coefficient (Wildman–Crippen LogP) is 12.2. The lowest BCUT2D eigenvalue weighted by Gasteiger charge is -2.25. The number of aliphatic imine (C=N–C) groups is 2. The lowest BCUT2D eigenvalue weighted by atomic mass is 9.94. The van der Waals surface area contributed by atoms with Crippen LogP contribution in [-0.4, -0.2) is 23.6 Å². The van der Waals surface area contributed by atoms with E-state index >= 15 is 0 Å². The van der Waals surface area contributed by atoms with Gasteiger partial charge in [-0.25, -0.2) is 9.98 Å². The third-order valence-electron chi connectivity index (χ3n) is 11.5. The highest BCUT2D eigenvalue weighted by molar-refractivity contribution is 8.08. The SMILES string of the molecule is C1#[SH]2CC(=CC(C3N=C(c4ccc5ccccc5c4)N=C(c4cc(-c5ccc6ccccc6c5)c5c(c4)oc4ccccc45)N3)=C1)c1c2ccc2ccccc12. The van der Waals surface area contributed by atoms with Gasteiger partial charge in [0.25, 0.3) is 0 Å². The first kappa shape index (κ1) is 31.4. The van der Waals surface area contributed by atoms with Crippen LogP contribution in [0.25, 0.3) is 71.0 Å². The molecule has 3 aliphatic heterocycles. The number of furan rings is 1. The molecule has 1 aromatic heterocycles. The summed E-state index contributed by atoms with van der Waals surface area (Å²) in [5, 5.41) is 17.2. The predicted molar refractivity (Wildman–Crippen MR) is 237 cm³/mol. The van der Waals surface area contributed by atoms with Gasteiger partial charge >= 0.3 is 0 Å². The fourth-order valence-electron chi connectivity index (χ4n) is 8.74. The maximum absolute atomic E-state index is 6.61. The minimum atomic E-state index is -0.575. The van der Waals surface area contributed by atoms with Gasteiger partial charge in [-0.15, -0.1) is 0 Å². The van der Waals surface area contributed by atoms with Crippen LogP contribution in [-0.2, 0) is 0 Å². The van der Waals surface area contributed by atoms with Crippen LogP contribution in [0.4, 0.5) is 0 Å². The second-order valence-corrected chi connectivity index (χ2v) is 16.7. The Bertz CT molecular complexity index is 3400. The van der Waals surface area contributed by atoms with Crippen molar-refractivity contribution in [2.75, 3.05) is 5.75 Å². The zero-order chi connectivity index (χ0) is 36.7. The summed E-state index contributed by atoms with van der Waals surface area (Å²) >= 11 is 0. The first-order valence-electron chi connectivity index (χ1n) is 19.0. The molecule has 2 atom stereocenters. The molecule has 5 heteroatoms. The highest BCUT2D eigenvalue weighted by Gasteiger charge is 2.28. The maximum Gasteiger partial charge on any atom is 0.159 e. The van der Waals surface area contributed by atoms with Crippen LogP contribution in [0.2, 0.25) is 0 Å². The van der Waals surface area contributed by atoms with Crippen molar-refractivity contribution in [3.63, 3.8) is 0 Å². The molecule has 0 aliphatic carbocycles. The molecule has 12 rings (SSSR count). The van der Waals surface area contributed by atoms with Crippen molar-refractivity contribution in [1.29, 1.82) is 0 Å². The van der Waals surface area contributed by atoms with Crippen molar-refractivity contribution >= 4 is 81.8 Å². The van der Waals surface area contributed by atoms with Gasteiger partial charge in [-0.1, -0.05) is 127 Å². The topological polar surface area (TPSA) is 49.9 Å². The van der Waals surface area contributed by atoms with Crippen molar-refractivity contribution < 1.29 is 4.42 Å². The molecule has 56 heavy (non-hydrogen) atoms. The third kappa shape index (κ3) is 5.03. The number of para-hydroxylation sites is 1. The standard InChI is InChI=1S/C51H33N3OS/c1-3-12-34-25-36(19-17-31(34)9-1)43-28-39(29-45-48(43)42-15-7-8-16-44(42)55-45)51-53-49(37-20-18-32-10-2-4-13-35(32)26-37)52-50(54-51)38-23-24-56-30-40(27-38)47-41-14-6-5-11-33(41)21-22-46(47)56/h1-23,25-29,50,56H,30H2,(H,52,53,54). The molecule has 0 amide bonds. The number of hydrogen-bond donors (Lipinski definition) is 2. The quantitative estimate of drug-likeness (QED) is 0.177. The Hall–Kier alpha value is -6.91. The van der Waals surface area contributed by atoms with E-state index in [2.05, 4.69) is 168 Å². The van der Waals surface area contributed by atoms with E-state index in [9.17, 15) is 0 Å². The summed E-state index contributed by atoms with van der Waals surface area (Å²) in [4.78, 5) is 12.1. The number of nitrogens with zero attached hydrogens (tertiary/aromatic N) is 2. The van der Waals surface area contributed by atoms with Crippen LogP contribution in [0.1, 0.15) is 16.7 Å². The summed E-state index contributed by atoms with van der Waals surface area (Å²) in [6.07, 6.45) is 4.16. The second-order valence-electron chi connectivity index (χ2n) is 14.8. The fourth-order valence-corrected chi connectivity index (χ4v) is 10.8. The number of nitrogens with one attached hydrogen (secondary N) is 1. The molecule has 9 aromatic rings. The van der Waals surface area contributed by atoms with Gasteiger partial charge in [0.2, 0.25) is 0 Å². The molecular weight excluding hydrogens is 703 g/mol. The second kappa shape index (κ2) is 12.3. The molecule has 0 saturated heterocycles. The number of rotatable bonds is 4. The Morgan fingerprint density at radius 1 is 0.607 bits per heavy atom. The smallest absolute Gasteiger partial charge is 0.159 e. The minimum Gasteiger partial charge on any atom is -0.456 e. The molecule has 4 nitrogen and oxygen atoms in total. The van der Waals surface area contributed by atoms with Crippen molar-refractivity contribution in [1.82, 2.24) is 5.32 Å². The lowest BCUT2D eigenvalue weighted by molar-refractivity contribution is 0.668. The van der Waals surface area contributed by atoms with Crippen LogP contribution in [0, 0.1) is 5.18 Å². The first-order chi connectivity index (χ1) is 27.7. The zero-order valence-electron chi connectivity index (χ0n) is 30.2. The molecule has 3 aliphatic rings. The van der Waals surface area contributed by atoms with E-state index in [-0.39, 0.29) is 6.17 Å². The molecule has 264 valence electrons. The van der Waals surface area contributed by atoms with Gasteiger partial charge in [0.05, 0.1) is 0 Å². The van der Waals surface area contributed by atoms with E-state index in [0.717, 1.165) is 66.7 Å². The molecule has 2 unspecified atom stereocenters. The van der Waals surface area contributed by atoms with Crippen molar-refractivity contribution in [2.45, 2.75) is 11.1 Å². The first-order valence-corrected chi connectivity index (χ1v) is 20.6. The average molecular weight is 736 g/mol. The van der Waals surface area contributed by atoms with E-state index in [1.165, 1.54) is 43.0 Å². The third-order valence-corrected chi connectivity index (χ3v) is 13.5. The number of benzene rings is 8. The molecule has 8 aromatic carbocycles. The van der Waals surface area contributed by atoms with Crippen LogP contribution < -0.4 is 5.32 Å². The Morgan fingerprint density at radius 2 is 1.29 bits per heavy atom. The van der Waals surface area contributed by atoms with Crippen LogP contribution in [0.15, 0.2) is 195 Å². The zero-order valence-corrected chi connectivity index (χ0v) is 31.1. The van der Waals surface area contributed by atoms with Crippen LogP contribution >= 0.6 is 10.3 Å². The van der Waals surface area contributed by atoms with Gasteiger partial charge in [0.1, 0.15) is 23.2 Å². The van der Waals surface area contributed by atoms with Crippen molar-refractivity contribution in [2.24, 2.45) is 9.98 Å². The average Bonchev–Trinajstić information content (AvgIpc) is 3.73. The van der Waals surface area contributed by atoms with Gasteiger partial charge in [0.15, 0.2) is 5.84 Å². The number of thiol groups is 1. The molecule has 4 heterocycles. The number of allylic oxidation sites excluding steroid dienone is 1. The van der Waals surface area contributed by atoms with E-state index in [4.69, 9.17) is 14.4 Å². The van der Waals surface area contributed by atoms with E-state index in [1.54, 1.807) is 0 Å². The van der Waals surface area contributed by atoms with E-state index < -0.39 is 10.3 Å². The van der Waals surface area contributed by atoms with Crippen LogP contribution in [0.5, 0.6) is 0 Å². The van der Waals surface area contributed by atoms with Gasteiger partial charge < -0.3 is 9.73 Å². The summed E-state index contributed by atoms with van der Waals surface area (Å²) in [6.45, 7) is 0. The summed E-state index contributed by atoms with van der Waals surface area (Å²) in [5.41, 5.74) is 9.63. The number of amidine groups is 2.